The van der Waals surface area contributed by atoms with Crippen molar-refractivity contribution in [2.45, 2.75) is 32.3 Å². The molecule has 0 unspecified atom stereocenters. The second-order valence-electron chi connectivity index (χ2n) is 3.45. The number of esters is 1. The van der Waals surface area contributed by atoms with E-state index < -0.39 is 5.41 Å². The fourth-order valence-corrected chi connectivity index (χ4v) is 1.64. The summed E-state index contributed by atoms with van der Waals surface area (Å²) in [5.74, 6) is -0.200. The fraction of sp³-hybridized carbons (Fsp3) is 0.875. The molecule has 0 spiro atoms. The second-order valence-corrected chi connectivity index (χ2v) is 3.45. The van der Waals surface area contributed by atoms with Crippen LogP contribution in [0, 0.1) is 5.41 Å². The highest BCUT2D eigenvalue weighted by atomic mass is 16.5. The highest BCUT2D eigenvalue weighted by Crippen LogP contribution is 2.38. The molecule has 0 aliphatic heterocycles. The van der Waals surface area contributed by atoms with Crippen molar-refractivity contribution in [1.82, 2.24) is 0 Å². The molecule has 0 heterocycles. The van der Waals surface area contributed by atoms with Crippen molar-refractivity contribution < 1.29 is 14.6 Å². The Morgan fingerprint density at radius 3 is 2.73 bits per heavy atom. The molecule has 0 aromatic rings. The summed E-state index contributed by atoms with van der Waals surface area (Å²) in [4.78, 5) is 11.1. The van der Waals surface area contributed by atoms with E-state index >= 15 is 0 Å². The molecular weight excluding hydrogens is 144 g/mol. The molecule has 0 saturated heterocycles. The van der Waals surface area contributed by atoms with Crippen LogP contribution in [0.15, 0.2) is 0 Å². The zero-order valence-corrected chi connectivity index (χ0v) is 6.96. The largest absolute Gasteiger partial charge is 0.469 e. The molecule has 1 aliphatic rings. The van der Waals surface area contributed by atoms with Crippen LogP contribution in [0.5, 0.6) is 0 Å². The van der Waals surface area contributed by atoms with Crippen LogP contribution in [0.4, 0.5) is 0 Å². The van der Waals surface area contributed by atoms with Gasteiger partial charge in [0.2, 0.25) is 0 Å². The number of ether oxygens (including phenoxy) is 1. The molecule has 3 nitrogen and oxygen atoms in total. The molecule has 0 aromatic carbocycles. The summed E-state index contributed by atoms with van der Waals surface area (Å²) in [6, 6.07) is 0. The van der Waals surface area contributed by atoms with E-state index in [4.69, 9.17) is 0 Å². The second kappa shape index (κ2) is 2.81. The maximum absolute atomic E-state index is 11.1. The number of carbonyl (C=O) groups is 1. The predicted molar refractivity (Wildman–Crippen MR) is 40.0 cm³/mol. The highest BCUT2D eigenvalue weighted by Gasteiger charge is 2.41. The Kier molecular flexibility index (Phi) is 2.18. The molecule has 1 fully saturated rings. The lowest BCUT2D eigenvalue weighted by atomic mass is 9.89. The molecule has 0 bridgehead atoms. The number of hydrogen-bond donors (Lipinski definition) is 1. The SMILES string of the molecule is COC(=O)[C@@]1(C)CC[C@H](O)C1. The van der Waals surface area contributed by atoms with E-state index in [9.17, 15) is 9.90 Å². The van der Waals surface area contributed by atoms with Gasteiger partial charge in [0.05, 0.1) is 18.6 Å². The number of rotatable bonds is 1. The lowest BCUT2D eigenvalue weighted by molar-refractivity contribution is -0.151. The lowest BCUT2D eigenvalue weighted by Gasteiger charge is -2.19. The fourth-order valence-electron chi connectivity index (χ4n) is 1.64. The predicted octanol–water partition coefficient (Wildman–Crippen LogP) is 0.710. The summed E-state index contributed by atoms with van der Waals surface area (Å²) >= 11 is 0. The first-order chi connectivity index (χ1) is 5.08. The Balaban J connectivity index is 2.61. The van der Waals surface area contributed by atoms with E-state index in [0.29, 0.717) is 12.8 Å². The number of hydrogen-bond acceptors (Lipinski definition) is 3. The maximum atomic E-state index is 11.1. The van der Waals surface area contributed by atoms with Crippen LogP contribution in [-0.2, 0) is 9.53 Å². The first-order valence-electron chi connectivity index (χ1n) is 3.85. The highest BCUT2D eigenvalue weighted by molar-refractivity contribution is 5.76. The van der Waals surface area contributed by atoms with Gasteiger partial charge >= 0.3 is 5.97 Å². The summed E-state index contributed by atoms with van der Waals surface area (Å²) < 4.78 is 4.64. The number of aliphatic hydroxyl groups excluding tert-OH is 1. The Labute approximate surface area is 66.4 Å². The van der Waals surface area contributed by atoms with Crippen LogP contribution in [0.3, 0.4) is 0 Å². The first-order valence-corrected chi connectivity index (χ1v) is 3.85. The molecule has 1 aliphatic carbocycles. The van der Waals surface area contributed by atoms with Crippen LogP contribution < -0.4 is 0 Å². The Morgan fingerprint density at radius 2 is 2.36 bits per heavy atom. The zero-order valence-electron chi connectivity index (χ0n) is 6.96. The Bertz CT molecular complexity index is 167. The van der Waals surface area contributed by atoms with Crippen molar-refractivity contribution in [1.29, 1.82) is 0 Å². The van der Waals surface area contributed by atoms with E-state index in [0.717, 1.165) is 6.42 Å². The molecule has 3 heteroatoms. The average molecular weight is 158 g/mol. The average Bonchev–Trinajstić information content (AvgIpc) is 2.31. The minimum absolute atomic E-state index is 0.200. The number of aliphatic hydroxyl groups is 1. The van der Waals surface area contributed by atoms with Crippen molar-refractivity contribution in [3.8, 4) is 0 Å². The lowest BCUT2D eigenvalue weighted by Crippen LogP contribution is -2.26. The zero-order chi connectivity index (χ0) is 8.48. The summed E-state index contributed by atoms with van der Waals surface area (Å²) in [6.07, 6.45) is 1.67. The van der Waals surface area contributed by atoms with Crippen molar-refractivity contribution >= 4 is 5.97 Å². The van der Waals surface area contributed by atoms with Crippen LogP contribution >= 0.6 is 0 Å². The summed E-state index contributed by atoms with van der Waals surface area (Å²) in [5, 5.41) is 9.20. The third kappa shape index (κ3) is 1.53. The van der Waals surface area contributed by atoms with Crippen LogP contribution in [-0.4, -0.2) is 24.3 Å². The number of carbonyl (C=O) groups excluding carboxylic acids is 1. The van der Waals surface area contributed by atoms with Gasteiger partial charge < -0.3 is 9.84 Å². The Hall–Kier alpha value is -0.570. The van der Waals surface area contributed by atoms with E-state index in [1.54, 1.807) is 0 Å². The third-order valence-corrected chi connectivity index (χ3v) is 2.39. The minimum atomic E-state index is -0.436. The van der Waals surface area contributed by atoms with Crippen molar-refractivity contribution in [3.05, 3.63) is 0 Å². The van der Waals surface area contributed by atoms with Gasteiger partial charge in [0.15, 0.2) is 0 Å². The van der Waals surface area contributed by atoms with Gasteiger partial charge in [-0.3, -0.25) is 4.79 Å². The summed E-state index contributed by atoms with van der Waals surface area (Å²) in [7, 11) is 1.39. The van der Waals surface area contributed by atoms with Gasteiger partial charge in [-0.05, 0) is 26.2 Å². The molecule has 0 aromatic heterocycles. The number of methoxy groups -OCH3 is 1. The third-order valence-electron chi connectivity index (χ3n) is 2.39. The summed E-state index contributed by atoms with van der Waals surface area (Å²) in [6.45, 7) is 1.84. The van der Waals surface area contributed by atoms with Crippen molar-refractivity contribution in [3.63, 3.8) is 0 Å². The normalized spacial score (nSPS) is 37.2. The van der Waals surface area contributed by atoms with Gasteiger partial charge in [-0.2, -0.15) is 0 Å². The smallest absolute Gasteiger partial charge is 0.311 e. The van der Waals surface area contributed by atoms with E-state index in [1.807, 2.05) is 6.92 Å². The summed E-state index contributed by atoms with van der Waals surface area (Å²) in [5.41, 5.74) is -0.436. The van der Waals surface area contributed by atoms with Gasteiger partial charge in [-0.1, -0.05) is 0 Å². The maximum Gasteiger partial charge on any atom is 0.311 e. The molecule has 11 heavy (non-hydrogen) atoms. The molecule has 64 valence electrons. The molecule has 1 rings (SSSR count). The van der Waals surface area contributed by atoms with Crippen LogP contribution in [0.2, 0.25) is 0 Å². The quantitative estimate of drug-likeness (QED) is 0.572. The van der Waals surface area contributed by atoms with E-state index in [-0.39, 0.29) is 12.1 Å². The molecule has 2 atom stereocenters. The molecular formula is C8H14O3. The molecule has 0 radical (unpaired) electrons. The molecule has 1 N–H and O–H groups in total. The van der Waals surface area contributed by atoms with E-state index in [2.05, 4.69) is 4.74 Å². The standard InChI is InChI=1S/C8H14O3/c1-8(7(10)11-2)4-3-6(9)5-8/h6,9H,3-5H2,1-2H3/t6-,8-/m0/s1. The topological polar surface area (TPSA) is 46.5 Å². The monoisotopic (exact) mass is 158 g/mol. The molecule has 1 saturated carbocycles. The van der Waals surface area contributed by atoms with Crippen molar-refractivity contribution in [2.75, 3.05) is 7.11 Å². The van der Waals surface area contributed by atoms with Gasteiger partial charge in [0, 0.05) is 0 Å². The van der Waals surface area contributed by atoms with Gasteiger partial charge in [0.1, 0.15) is 0 Å². The van der Waals surface area contributed by atoms with Gasteiger partial charge in [-0.15, -0.1) is 0 Å². The van der Waals surface area contributed by atoms with Gasteiger partial charge in [0.25, 0.3) is 0 Å². The Morgan fingerprint density at radius 1 is 1.73 bits per heavy atom. The van der Waals surface area contributed by atoms with Gasteiger partial charge in [-0.25, -0.2) is 0 Å². The molecule has 0 amide bonds. The van der Waals surface area contributed by atoms with Crippen molar-refractivity contribution in [2.24, 2.45) is 5.41 Å². The first kappa shape index (κ1) is 8.53. The van der Waals surface area contributed by atoms with E-state index in [1.165, 1.54) is 7.11 Å². The minimum Gasteiger partial charge on any atom is -0.469 e. The van der Waals surface area contributed by atoms with Crippen LogP contribution in [0.1, 0.15) is 26.2 Å². The van der Waals surface area contributed by atoms with Crippen LogP contribution in [0.25, 0.3) is 0 Å².